The number of nitrogens with zero attached hydrogens (tertiary/aromatic N) is 2. The van der Waals surface area contributed by atoms with Crippen molar-refractivity contribution in [2.45, 2.75) is 6.42 Å². The fourth-order valence-corrected chi connectivity index (χ4v) is 1.57. The zero-order chi connectivity index (χ0) is 12.3. The van der Waals surface area contributed by atoms with Gasteiger partial charge >= 0.3 is 0 Å². The van der Waals surface area contributed by atoms with Crippen molar-refractivity contribution < 1.29 is 9.84 Å². The fraction of sp³-hybridized carbons (Fsp3) is 0.250. The lowest BCUT2D eigenvalue weighted by atomic mass is 10.2. The van der Waals surface area contributed by atoms with Gasteiger partial charge in [-0.05, 0) is 18.2 Å². The van der Waals surface area contributed by atoms with E-state index in [2.05, 4.69) is 5.10 Å². The molecule has 0 aliphatic carbocycles. The second-order valence-electron chi connectivity index (χ2n) is 3.73. The van der Waals surface area contributed by atoms with Gasteiger partial charge in [0.1, 0.15) is 17.2 Å². The molecule has 0 atom stereocenters. The van der Waals surface area contributed by atoms with Crippen LogP contribution in [0.1, 0.15) is 5.69 Å². The highest BCUT2D eigenvalue weighted by atomic mass is 16.5. The first kappa shape index (κ1) is 11.3. The fourth-order valence-electron chi connectivity index (χ4n) is 1.57. The van der Waals surface area contributed by atoms with Crippen LogP contribution in [0.2, 0.25) is 0 Å². The highest BCUT2D eigenvalue weighted by Crippen LogP contribution is 2.29. The topological polar surface area (TPSA) is 73.3 Å². The summed E-state index contributed by atoms with van der Waals surface area (Å²) in [6.07, 6.45) is 2.49. The summed E-state index contributed by atoms with van der Waals surface area (Å²) in [5.41, 5.74) is 7.04. The number of para-hydroxylation sites is 1. The van der Waals surface area contributed by atoms with Gasteiger partial charge in [-0.25, -0.2) is 0 Å². The Balaban J connectivity index is 1.95. The molecule has 0 saturated carbocycles. The normalized spacial score (nSPS) is 10.4. The molecule has 0 amide bonds. The van der Waals surface area contributed by atoms with E-state index in [1.165, 1.54) is 6.07 Å². The molecule has 5 heteroatoms. The van der Waals surface area contributed by atoms with E-state index in [0.29, 0.717) is 12.4 Å². The highest BCUT2D eigenvalue weighted by Gasteiger charge is 2.05. The summed E-state index contributed by atoms with van der Waals surface area (Å²) in [4.78, 5) is 0. The van der Waals surface area contributed by atoms with Crippen LogP contribution in [0, 0.1) is 0 Å². The molecule has 0 spiro atoms. The smallest absolute Gasteiger partial charge is 0.146 e. The Morgan fingerprint density at radius 3 is 2.94 bits per heavy atom. The number of aromatic nitrogens is 2. The van der Waals surface area contributed by atoms with Gasteiger partial charge in [0.15, 0.2) is 0 Å². The summed E-state index contributed by atoms with van der Waals surface area (Å²) in [5.74, 6) is 0.551. The second kappa shape index (κ2) is 4.78. The van der Waals surface area contributed by atoms with Crippen LogP contribution in [0.5, 0.6) is 11.5 Å². The number of ether oxygens (including phenoxy) is 1. The van der Waals surface area contributed by atoms with Gasteiger partial charge in [-0.15, -0.1) is 0 Å². The van der Waals surface area contributed by atoms with E-state index in [-0.39, 0.29) is 11.4 Å². The van der Waals surface area contributed by atoms with Crippen molar-refractivity contribution in [3.63, 3.8) is 0 Å². The monoisotopic (exact) mass is 233 g/mol. The van der Waals surface area contributed by atoms with Crippen molar-refractivity contribution in [2.75, 3.05) is 12.3 Å². The van der Waals surface area contributed by atoms with Crippen LogP contribution in [-0.4, -0.2) is 21.5 Å². The van der Waals surface area contributed by atoms with Crippen LogP contribution in [0.15, 0.2) is 30.5 Å². The second-order valence-corrected chi connectivity index (χ2v) is 3.73. The van der Waals surface area contributed by atoms with Gasteiger partial charge in [-0.3, -0.25) is 4.68 Å². The molecule has 0 radical (unpaired) electrons. The van der Waals surface area contributed by atoms with E-state index in [1.54, 1.807) is 23.0 Å². The standard InChI is InChI=1S/C12H15N3O2/c1-15-9(5-7-14-15)6-8-17-11-4-2-3-10(16)12(11)13/h2-5,7,16H,6,8,13H2,1H3. The minimum absolute atomic E-state index is 0.0445. The van der Waals surface area contributed by atoms with E-state index in [0.717, 1.165) is 12.1 Å². The molecule has 2 rings (SSSR count). The number of phenolic OH excluding ortho intramolecular Hbond substituents is 1. The minimum Gasteiger partial charge on any atom is -0.506 e. The van der Waals surface area contributed by atoms with Crippen LogP contribution in [0.3, 0.4) is 0 Å². The molecule has 1 aromatic heterocycles. The van der Waals surface area contributed by atoms with Crippen LogP contribution < -0.4 is 10.5 Å². The number of hydrogen-bond acceptors (Lipinski definition) is 4. The average molecular weight is 233 g/mol. The Labute approximate surface area is 99.4 Å². The number of nitrogens with two attached hydrogens (primary N) is 1. The molecular weight excluding hydrogens is 218 g/mol. The van der Waals surface area contributed by atoms with Crippen LogP contribution >= 0.6 is 0 Å². The molecular formula is C12H15N3O2. The van der Waals surface area contributed by atoms with Gasteiger partial charge in [0.2, 0.25) is 0 Å². The van der Waals surface area contributed by atoms with Crippen molar-refractivity contribution in [1.29, 1.82) is 0 Å². The molecule has 1 heterocycles. The van der Waals surface area contributed by atoms with E-state index in [1.807, 2.05) is 13.1 Å². The quantitative estimate of drug-likeness (QED) is 0.617. The van der Waals surface area contributed by atoms with Gasteiger partial charge in [0.05, 0.1) is 6.61 Å². The lowest BCUT2D eigenvalue weighted by Gasteiger charge is -2.09. The van der Waals surface area contributed by atoms with E-state index >= 15 is 0 Å². The highest BCUT2D eigenvalue weighted by molar-refractivity contribution is 5.61. The molecule has 90 valence electrons. The Morgan fingerprint density at radius 2 is 2.24 bits per heavy atom. The number of phenols is 1. The van der Waals surface area contributed by atoms with Crippen molar-refractivity contribution in [1.82, 2.24) is 9.78 Å². The van der Waals surface area contributed by atoms with Gasteiger partial charge in [0, 0.05) is 25.4 Å². The summed E-state index contributed by atoms with van der Waals surface area (Å²) < 4.78 is 7.32. The lowest BCUT2D eigenvalue weighted by Crippen LogP contribution is -2.07. The maximum absolute atomic E-state index is 9.41. The number of aryl methyl sites for hydroxylation is 1. The first-order chi connectivity index (χ1) is 8.18. The Hall–Kier alpha value is -2.17. The predicted molar refractivity (Wildman–Crippen MR) is 64.9 cm³/mol. The minimum atomic E-state index is 0.0445. The predicted octanol–water partition coefficient (Wildman–Crippen LogP) is 1.33. The number of anilines is 1. The maximum atomic E-state index is 9.41. The van der Waals surface area contributed by atoms with Gasteiger partial charge in [-0.1, -0.05) is 6.07 Å². The number of hydrogen-bond donors (Lipinski definition) is 2. The number of rotatable bonds is 4. The van der Waals surface area contributed by atoms with Gasteiger partial charge < -0.3 is 15.6 Å². The maximum Gasteiger partial charge on any atom is 0.146 e. The summed E-state index contributed by atoms with van der Waals surface area (Å²) >= 11 is 0. The zero-order valence-corrected chi connectivity index (χ0v) is 9.63. The van der Waals surface area contributed by atoms with Gasteiger partial charge in [0.25, 0.3) is 0 Å². The van der Waals surface area contributed by atoms with Crippen molar-refractivity contribution in [2.24, 2.45) is 7.05 Å². The third-order valence-electron chi connectivity index (χ3n) is 2.58. The molecule has 0 aliphatic heterocycles. The van der Waals surface area contributed by atoms with E-state index in [4.69, 9.17) is 10.5 Å². The third-order valence-corrected chi connectivity index (χ3v) is 2.58. The third kappa shape index (κ3) is 2.50. The Morgan fingerprint density at radius 1 is 1.41 bits per heavy atom. The van der Waals surface area contributed by atoms with Crippen LogP contribution in [0.4, 0.5) is 5.69 Å². The molecule has 5 nitrogen and oxygen atoms in total. The number of nitrogen functional groups attached to an aromatic ring is 1. The molecule has 0 saturated heterocycles. The first-order valence-corrected chi connectivity index (χ1v) is 5.35. The van der Waals surface area contributed by atoms with Crippen LogP contribution in [0.25, 0.3) is 0 Å². The average Bonchev–Trinajstić information content (AvgIpc) is 2.71. The van der Waals surface area contributed by atoms with E-state index < -0.39 is 0 Å². The first-order valence-electron chi connectivity index (χ1n) is 5.35. The molecule has 0 fully saturated rings. The number of aromatic hydroxyl groups is 1. The molecule has 3 N–H and O–H groups in total. The molecule has 17 heavy (non-hydrogen) atoms. The lowest BCUT2D eigenvalue weighted by molar-refractivity contribution is 0.318. The number of benzene rings is 1. The molecule has 1 aromatic carbocycles. The molecule has 2 aromatic rings. The summed E-state index contributed by atoms with van der Waals surface area (Å²) in [5, 5.41) is 13.5. The Kier molecular flexibility index (Phi) is 3.18. The Bertz CT molecular complexity index is 508. The SMILES string of the molecule is Cn1nccc1CCOc1cccc(O)c1N. The van der Waals surface area contributed by atoms with Crippen molar-refractivity contribution in [3.8, 4) is 11.5 Å². The molecule has 0 aliphatic rings. The molecule has 0 bridgehead atoms. The van der Waals surface area contributed by atoms with Gasteiger partial charge in [-0.2, -0.15) is 5.10 Å². The summed E-state index contributed by atoms with van der Waals surface area (Å²) in [6.45, 7) is 0.493. The largest absolute Gasteiger partial charge is 0.506 e. The van der Waals surface area contributed by atoms with E-state index in [9.17, 15) is 5.11 Å². The van der Waals surface area contributed by atoms with Crippen molar-refractivity contribution in [3.05, 3.63) is 36.2 Å². The zero-order valence-electron chi connectivity index (χ0n) is 9.63. The summed E-state index contributed by atoms with van der Waals surface area (Å²) in [6, 6.07) is 6.90. The summed E-state index contributed by atoms with van der Waals surface area (Å²) in [7, 11) is 1.89. The van der Waals surface area contributed by atoms with Crippen LogP contribution in [-0.2, 0) is 13.5 Å². The van der Waals surface area contributed by atoms with Crippen molar-refractivity contribution >= 4 is 5.69 Å². The molecule has 0 unspecified atom stereocenters.